The molecule has 0 atom stereocenters. The minimum absolute atomic E-state index is 0.170. The number of benzene rings is 2. The Labute approximate surface area is 117 Å². The van der Waals surface area contributed by atoms with Crippen molar-refractivity contribution < 1.29 is 9.18 Å². The second kappa shape index (κ2) is 6.30. The van der Waals surface area contributed by atoms with E-state index < -0.39 is 0 Å². The molecule has 0 aromatic heterocycles. The van der Waals surface area contributed by atoms with Gasteiger partial charge >= 0.3 is 0 Å². The maximum atomic E-state index is 12.9. The van der Waals surface area contributed by atoms with Crippen LogP contribution in [0.1, 0.15) is 15.9 Å². The first-order valence-electron chi connectivity index (χ1n) is 6.44. The second-order valence-corrected chi connectivity index (χ2v) is 4.58. The molecule has 1 amide bonds. The van der Waals surface area contributed by atoms with Crippen LogP contribution in [0.4, 0.5) is 10.1 Å². The summed E-state index contributed by atoms with van der Waals surface area (Å²) in [6, 6.07) is 13.2. The molecule has 0 heterocycles. The third kappa shape index (κ3) is 3.22. The molecule has 0 saturated heterocycles. The van der Waals surface area contributed by atoms with Gasteiger partial charge in [-0.3, -0.25) is 4.79 Å². The van der Waals surface area contributed by atoms with E-state index in [4.69, 9.17) is 5.73 Å². The van der Waals surface area contributed by atoms with Gasteiger partial charge in [0.05, 0.1) is 0 Å². The van der Waals surface area contributed by atoms with E-state index in [-0.39, 0.29) is 11.7 Å². The van der Waals surface area contributed by atoms with Crippen LogP contribution in [0.15, 0.2) is 48.5 Å². The van der Waals surface area contributed by atoms with E-state index in [0.717, 1.165) is 17.7 Å². The Morgan fingerprint density at radius 1 is 1.10 bits per heavy atom. The van der Waals surface area contributed by atoms with Gasteiger partial charge in [-0.25, -0.2) is 4.39 Å². The molecule has 0 spiro atoms. The summed E-state index contributed by atoms with van der Waals surface area (Å²) < 4.78 is 12.9. The lowest BCUT2D eigenvalue weighted by Gasteiger charge is -2.17. The highest BCUT2D eigenvalue weighted by Crippen LogP contribution is 2.17. The monoisotopic (exact) mass is 272 g/mol. The van der Waals surface area contributed by atoms with E-state index in [1.54, 1.807) is 11.9 Å². The molecule has 3 nitrogen and oxygen atoms in total. The smallest absolute Gasteiger partial charge is 0.258 e. The van der Waals surface area contributed by atoms with Crippen LogP contribution >= 0.6 is 0 Å². The predicted molar refractivity (Wildman–Crippen MR) is 78.3 cm³/mol. The number of nitrogens with zero attached hydrogens (tertiary/aromatic N) is 1. The van der Waals surface area contributed by atoms with Crippen molar-refractivity contribution in [3.8, 4) is 0 Å². The summed E-state index contributed by atoms with van der Waals surface area (Å²) in [5.74, 6) is -0.521. The maximum Gasteiger partial charge on any atom is 0.258 e. The van der Waals surface area contributed by atoms with E-state index in [1.807, 2.05) is 24.3 Å². The summed E-state index contributed by atoms with van der Waals surface area (Å²) in [6.07, 6.45) is 0.815. The molecule has 20 heavy (non-hydrogen) atoms. The molecular formula is C16H17FN2O. The van der Waals surface area contributed by atoms with E-state index in [9.17, 15) is 9.18 Å². The summed E-state index contributed by atoms with van der Waals surface area (Å²) in [6.45, 7) is 0.601. The predicted octanol–water partition coefficient (Wildman–Crippen LogP) is 2.60. The van der Waals surface area contributed by atoms with E-state index in [0.29, 0.717) is 12.1 Å². The van der Waals surface area contributed by atoms with Crippen LogP contribution in [0.5, 0.6) is 0 Å². The molecule has 0 fully saturated rings. The molecule has 0 aliphatic carbocycles. The Morgan fingerprint density at radius 3 is 2.25 bits per heavy atom. The molecule has 2 aromatic rings. The topological polar surface area (TPSA) is 46.3 Å². The van der Waals surface area contributed by atoms with Gasteiger partial charge < -0.3 is 10.6 Å². The quantitative estimate of drug-likeness (QED) is 0.930. The van der Waals surface area contributed by atoms with Crippen molar-refractivity contribution in [3.63, 3.8) is 0 Å². The second-order valence-electron chi connectivity index (χ2n) is 4.58. The van der Waals surface area contributed by atoms with Crippen LogP contribution < -0.4 is 10.6 Å². The lowest BCUT2D eigenvalue weighted by molar-refractivity contribution is 0.0993. The minimum Gasteiger partial charge on any atom is -0.330 e. The van der Waals surface area contributed by atoms with Gasteiger partial charge in [0.1, 0.15) is 5.82 Å². The number of halogens is 1. The fourth-order valence-corrected chi connectivity index (χ4v) is 1.96. The molecular weight excluding hydrogens is 255 g/mol. The van der Waals surface area contributed by atoms with Crippen molar-refractivity contribution in [1.29, 1.82) is 0 Å². The molecule has 0 aliphatic rings. The van der Waals surface area contributed by atoms with Gasteiger partial charge in [-0.05, 0) is 54.9 Å². The molecule has 0 aliphatic heterocycles. The van der Waals surface area contributed by atoms with Crippen molar-refractivity contribution in [1.82, 2.24) is 0 Å². The molecule has 0 saturated carbocycles. The van der Waals surface area contributed by atoms with Crippen LogP contribution in [0.25, 0.3) is 0 Å². The molecule has 2 aromatic carbocycles. The Bertz CT molecular complexity index is 578. The highest BCUT2D eigenvalue weighted by molar-refractivity contribution is 6.05. The number of hydrogen-bond donors (Lipinski definition) is 1. The first kappa shape index (κ1) is 14.2. The van der Waals surface area contributed by atoms with Crippen molar-refractivity contribution >= 4 is 11.6 Å². The highest BCUT2D eigenvalue weighted by Gasteiger charge is 2.13. The third-order valence-corrected chi connectivity index (χ3v) is 3.15. The zero-order valence-corrected chi connectivity index (χ0v) is 11.3. The normalized spacial score (nSPS) is 10.3. The maximum absolute atomic E-state index is 12.9. The molecule has 4 heteroatoms. The van der Waals surface area contributed by atoms with Crippen LogP contribution in [0.3, 0.4) is 0 Å². The first-order chi connectivity index (χ1) is 9.61. The lowest BCUT2D eigenvalue weighted by atomic mass is 10.1. The van der Waals surface area contributed by atoms with Crippen LogP contribution in [0.2, 0.25) is 0 Å². The number of amides is 1. The van der Waals surface area contributed by atoms with Crippen LogP contribution in [-0.4, -0.2) is 19.5 Å². The molecule has 0 bridgehead atoms. The van der Waals surface area contributed by atoms with Gasteiger partial charge in [-0.2, -0.15) is 0 Å². The number of carbonyl (C=O) groups excluding carboxylic acids is 1. The molecule has 2 N–H and O–H groups in total. The number of rotatable bonds is 4. The average molecular weight is 272 g/mol. The van der Waals surface area contributed by atoms with E-state index in [2.05, 4.69) is 0 Å². The van der Waals surface area contributed by atoms with Crippen molar-refractivity contribution in [2.24, 2.45) is 5.73 Å². The third-order valence-electron chi connectivity index (χ3n) is 3.15. The van der Waals surface area contributed by atoms with Crippen molar-refractivity contribution in [2.75, 3.05) is 18.5 Å². The Morgan fingerprint density at radius 2 is 1.70 bits per heavy atom. The molecule has 0 unspecified atom stereocenters. The zero-order chi connectivity index (χ0) is 14.5. The van der Waals surface area contributed by atoms with Crippen molar-refractivity contribution in [3.05, 3.63) is 65.5 Å². The number of nitrogens with two attached hydrogens (primary N) is 1. The Kier molecular flexibility index (Phi) is 4.48. The van der Waals surface area contributed by atoms with Gasteiger partial charge in [0.15, 0.2) is 0 Å². The van der Waals surface area contributed by atoms with Gasteiger partial charge in [-0.15, -0.1) is 0 Å². The highest BCUT2D eigenvalue weighted by atomic mass is 19.1. The van der Waals surface area contributed by atoms with Gasteiger partial charge in [-0.1, -0.05) is 12.1 Å². The SMILES string of the molecule is CN(C(=O)c1ccc(F)cc1)c1ccc(CCN)cc1. The number of carbonyl (C=O) groups is 1. The van der Waals surface area contributed by atoms with E-state index in [1.165, 1.54) is 24.3 Å². The summed E-state index contributed by atoms with van der Waals surface area (Å²) >= 11 is 0. The Balaban J connectivity index is 2.15. The van der Waals surface area contributed by atoms with Crippen LogP contribution in [-0.2, 0) is 6.42 Å². The number of hydrogen-bond acceptors (Lipinski definition) is 2. The number of anilines is 1. The zero-order valence-electron chi connectivity index (χ0n) is 11.3. The summed E-state index contributed by atoms with van der Waals surface area (Å²) in [4.78, 5) is 13.8. The van der Waals surface area contributed by atoms with Crippen molar-refractivity contribution in [2.45, 2.75) is 6.42 Å². The Hall–Kier alpha value is -2.20. The lowest BCUT2D eigenvalue weighted by Crippen LogP contribution is -2.26. The summed E-state index contributed by atoms with van der Waals surface area (Å²) in [5, 5.41) is 0. The minimum atomic E-state index is -0.352. The molecule has 104 valence electrons. The molecule has 0 radical (unpaired) electrons. The first-order valence-corrected chi connectivity index (χ1v) is 6.44. The fraction of sp³-hybridized carbons (Fsp3) is 0.188. The van der Waals surface area contributed by atoms with E-state index >= 15 is 0 Å². The summed E-state index contributed by atoms with van der Waals surface area (Å²) in [5.41, 5.74) is 7.89. The van der Waals surface area contributed by atoms with Gasteiger partial charge in [0.25, 0.3) is 5.91 Å². The standard InChI is InChI=1S/C16H17FN2O/c1-19(15-8-2-12(3-9-15)10-11-18)16(20)13-4-6-14(17)7-5-13/h2-9H,10-11,18H2,1H3. The molecule has 2 rings (SSSR count). The largest absolute Gasteiger partial charge is 0.330 e. The fourth-order valence-electron chi connectivity index (χ4n) is 1.96. The summed E-state index contributed by atoms with van der Waals surface area (Å²) in [7, 11) is 1.70. The van der Waals surface area contributed by atoms with Crippen LogP contribution in [0, 0.1) is 5.82 Å². The average Bonchev–Trinajstić information content (AvgIpc) is 2.48. The van der Waals surface area contributed by atoms with Gasteiger partial charge in [0.2, 0.25) is 0 Å². The van der Waals surface area contributed by atoms with Gasteiger partial charge in [0, 0.05) is 18.3 Å².